The van der Waals surface area contributed by atoms with Gasteiger partial charge in [0.2, 0.25) is 0 Å². The molecule has 1 heterocycles. The Hall–Kier alpha value is -0.905. The number of fused-ring (bicyclic) bond motifs is 1. The smallest absolute Gasteiger partial charge is 0.486 e. The lowest BCUT2D eigenvalue weighted by molar-refractivity contribution is 0.171. The minimum atomic E-state index is -1.60. The lowest BCUT2D eigenvalue weighted by Crippen LogP contribution is -2.31. The monoisotopic (exact) mass is 214 g/mol. The second-order valence-electron chi connectivity index (χ2n) is 2.89. The topological polar surface area (TPSA) is 58.9 Å². The minimum absolute atomic E-state index is 0.218. The lowest BCUT2D eigenvalue weighted by atomic mass is 9.80. The normalized spacial score (nSPS) is 13.9. The van der Waals surface area contributed by atoms with Gasteiger partial charge in [-0.25, -0.2) is 0 Å². The van der Waals surface area contributed by atoms with E-state index in [1.807, 2.05) is 0 Å². The molecule has 1 aromatic carbocycles. The molecule has 1 aliphatic heterocycles. The number of halogens is 1. The minimum Gasteiger partial charge on any atom is -0.486 e. The molecule has 0 saturated heterocycles. The predicted molar refractivity (Wildman–Crippen MR) is 52.3 cm³/mol. The molecule has 0 amide bonds. The summed E-state index contributed by atoms with van der Waals surface area (Å²) >= 11 is 5.80. The molecule has 4 nitrogen and oxygen atoms in total. The van der Waals surface area contributed by atoms with Crippen molar-refractivity contribution in [3.8, 4) is 11.5 Å². The molecule has 0 bridgehead atoms. The summed E-state index contributed by atoms with van der Waals surface area (Å²) in [6, 6.07) is 2.99. The van der Waals surface area contributed by atoms with E-state index in [0.29, 0.717) is 24.7 Å². The molecule has 0 spiro atoms. The summed E-state index contributed by atoms with van der Waals surface area (Å²) in [6.07, 6.45) is 0. The first kappa shape index (κ1) is 9.64. The molecule has 1 aliphatic rings. The maximum Gasteiger partial charge on any atom is 0.490 e. The molecule has 0 aromatic heterocycles. The van der Waals surface area contributed by atoms with Crippen molar-refractivity contribution in [3.05, 3.63) is 17.2 Å². The molecule has 0 unspecified atom stereocenters. The Labute approximate surface area is 86.2 Å². The molecule has 74 valence electrons. The molecule has 6 heteroatoms. The van der Waals surface area contributed by atoms with Crippen LogP contribution in [0.15, 0.2) is 12.1 Å². The number of hydrogen-bond donors (Lipinski definition) is 2. The average molecular weight is 214 g/mol. The Balaban J connectivity index is 2.45. The summed E-state index contributed by atoms with van der Waals surface area (Å²) in [7, 11) is -1.60. The van der Waals surface area contributed by atoms with Crippen molar-refractivity contribution < 1.29 is 19.5 Å². The fourth-order valence-corrected chi connectivity index (χ4v) is 1.53. The Kier molecular flexibility index (Phi) is 2.54. The number of rotatable bonds is 1. The number of benzene rings is 1. The average Bonchev–Trinajstić information content (AvgIpc) is 2.16. The zero-order valence-electron chi connectivity index (χ0n) is 7.24. The summed E-state index contributed by atoms with van der Waals surface area (Å²) in [5, 5.41) is 18.2. The molecule has 2 N–H and O–H groups in total. The van der Waals surface area contributed by atoms with E-state index >= 15 is 0 Å². The van der Waals surface area contributed by atoms with E-state index in [1.54, 1.807) is 0 Å². The highest BCUT2D eigenvalue weighted by Crippen LogP contribution is 2.31. The van der Waals surface area contributed by atoms with Crippen molar-refractivity contribution in [2.45, 2.75) is 0 Å². The summed E-state index contributed by atoms with van der Waals surface area (Å²) in [5.41, 5.74) is 0.218. The van der Waals surface area contributed by atoms with Crippen LogP contribution in [0.25, 0.3) is 0 Å². The third-order valence-electron chi connectivity index (χ3n) is 1.94. The number of hydrogen-bond acceptors (Lipinski definition) is 4. The second-order valence-corrected chi connectivity index (χ2v) is 3.30. The summed E-state index contributed by atoms with van der Waals surface area (Å²) in [5.74, 6) is 1.02. The Morgan fingerprint density at radius 2 is 1.71 bits per heavy atom. The molecule has 0 atom stereocenters. The molecular formula is C8H8BClO4. The van der Waals surface area contributed by atoms with E-state index in [0.717, 1.165) is 0 Å². The van der Waals surface area contributed by atoms with Gasteiger partial charge in [0.1, 0.15) is 13.2 Å². The third-order valence-corrected chi connectivity index (χ3v) is 2.27. The van der Waals surface area contributed by atoms with Crippen molar-refractivity contribution in [1.29, 1.82) is 0 Å². The van der Waals surface area contributed by atoms with Gasteiger partial charge in [-0.3, -0.25) is 0 Å². The fraction of sp³-hybridized carbons (Fsp3) is 0.250. The van der Waals surface area contributed by atoms with Gasteiger partial charge in [0.25, 0.3) is 0 Å². The van der Waals surface area contributed by atoms with Gasteiger partial charge in [0.15, 0.2) is 11.5 Å². The van der Waals surface area contributed by atoms with Gasteiger partial charge in [0.05, 0.1) is 0 Å². The van der Waals surface area contributed by atoms with Crippen LogP contribution in [-0.4, -0.2) is 30.4 Å². The molecule has 0 saturated carbocycles. The number of ether oxygens (including phenoxy) is 2. The highest BCUT2D eigenvalue weighted by atomic mass is 35.5. The molecule has 0 aliphatic carbocycles. The van der Waals surface area contributed by atoms with Crippen molar-refractivity contribution in [1.82, 2.24) is 0 Å². The zero-order valence-corrected chi connectivity index (χ0v) is 7.99. The van der Waals surface area contributed by atoms with Crippen LogP contribution in [-0.2, 0) is 0 Å². The molecule has 0 fully saturated rings. The molecule has 14 heavy (non-hydrogen) atoms. The third kappa shape index (κ3) is 1.66. The van der Waals surface area contributed by atoms with Crippen molar-refractivity contribution in [2.75, 3.05) is 13.2 Å². The van der Waals surface area contributed by atoms with Crippen LogP contribution < -0.4 is 14.9 Å². The fourth-order valence-electron chi connectivity index (χ4n) is 1.28. The molecule has 2 rings (SSSR count). The Bertz CT molecular complexity index is 355. The molecule has 0 radical (unpaired) electrons. The van der Waals surface area contributed by atoms with Gasteiger partial charge in [-0.15, -0.1) is 0 Å². The van der Waals surface area contributed by atoms with E-state index < -0.39 is 7.12 Å². The van der Waals surface area contributed by atoms with Gasteiger partial charge >= 0.3 is 7.12 Å². The van der Waals surface area contributed by atoms with E-state index in [-0.39, 0.29) is 10.5 Å². The van der Waals surface area contributed by atoms with E-state index in [4.69, 9.17) is 31.1 Å². The van der Waals surface area contributed by atoms with Crippen LogP contribution >= 0.6 is 11.6 Å². The van der Waals surface area contributed by atoms with E-state index in [1.165, 1.54) is 12.1 Å². The Morgan fingerprint density at radius 3 is 2.29 bits per heavy atom. The largest absolute Gasteiger partial charge is 0.490 e. The summed E-state index contributed by atoms with van der Waals surface area (Å²) in [6.45, 7) is 0.931. The Morgan fingerprint density at radius 1 is 1.14 bits per heavy atom. The van der Waals surface area contributed by atoms with E-state index in [9.17, 15) is 0 Å². The van der Waals surface area contributed by atoms with Crippen LogP contribution in [0.4, 0.5) is 0 Å². The molecular weight excluding hydrogens is 206 g/mol. The highest BCUT2D eigenvalue weighted by molar-refractivity contribution is 6.62. The first-order chi connectivity index (χ1) is 6.68. The first-order valence-corrected chi connectivity index (χ1v) is 4.51. The van der Waals surface area contributed by atoms with Crippen LogP contribution in [0.1, 0.15) is 0 Å². The summed E-state index contributed by atoms with van der Waals surface area (Å²) < 4.78 is 10.5. The van der Waals surface area contributed by atoms with Crippen LogP contribution in [0.3, 0.4) is 0 Å². The van der Waals surface area contributed by atoms with Crippen LogP contribution in [0, 0.1) is 0 Å². The quantitative estimate of drug-likeness (QED) is 0.635. The van der Waals surface area contributed by atoms with Gasteiger partial charge in [-0.05, 0) is 6.07 Å². The van der Waals surface area contributed by atoms with Crippen LogP contribution in [0.2, 0.25) is 5.02 Å². The molecule has 1 aromatic rings. The van der Waals surface area contributed by atoms with Crippen molar-refractivity contribution >= 4 is 24.2 Å². The van der Waals surface area contributed by atoms with Gasteiger partial charge in [-0.1, -0.05) is 11.6 Å². The van der Waals surface area contributed by atoms with Gasteiger partial charge < -0.3 is 19.5 Å². The van der Waals surface area contributed by atoms with Crippen molar-refractivity contribution in [2.24, 2.45) is 0 Å². The second kappa shape index (κ2) is 3.69. The summed E-state index contributed by atoms with van der Waals surface area (Å²) in [4.78, 5) is 0. The van der Waals surface area contributed by atoms with Crippen molar-refractivity contribution in [3.63, 3.8) is 0 Å². The first-order valence-electron chi connectivity index (χ1n) is 4.13. The predicted octanol–water partition coefficient (Wildman–Crippen LogP) is -0.209. The highest BCUT2D eigenvalue weighted by Gasteiger charge is 2.21. The lowest BCUT2D eigenvalue weighted by Gasteiger charge is -2.19. The van der Waals surface area contributed by atoms with E-state index in [2.05, 4.69) is 0 Å². The standard InChI is InChI=1S/C8H8BClO4/c10-6-4-8-7(13-1-2-14-8)3-5(6)9(11)12/h3-4,11-12H,1-2H2. The maximum absolute atomic E-state index is 8.98. The van der Waals surface area contributed by atoms with Gasteiger partial charge in [0, 0.05) is 16.6 Å². The van der Waals surface area contributed by atoms with Crippen LogP contribution in [0.5, 0.6) is 11.5 Å². The SMILES string of the molecule is OB(O)c1cc2c(cc1Cl)OCCO2. The zero-order chi connectivity index (χ0) is 10.1. The van der Waals surface area contributed by atoms with Gasteiger partial charge in [-0.2, -0.15) is 0 Å². The maximum atomic E-state index is 8.98.